The van der Waals surface area contributed by atoms with Crippen molar-refractivity contribution in [1.29, 1.82) is 0 Å². The minimum atomic E-state index is -4.63. The maximum Gasteiger partial charge on any atom is 0.416 e. The lowest BCUT2D eigenvalue weighted by atomic mass is 10.1. The molecule has 0 fully saturated rings. The number of carbonyl (C=O) groups excluding carboxylic acids is 1. The van der Waals surface area contributed by atoms with Crippen molar-refractivity contribution in [2.75, 3.05) is 16.2 Å². The zero-order valence-corrected chi connectivity index (χ0v) is 17.6. The highest BCUT2D eigenvalue weighted by Gasteiger charge is 2.37. The lowest BCUT2D eigenvalue weighted by molar-refractivity contribution is -0.137. The van der Waals surface area contributed by atoms with Crippen molar-refractivity contribution in [2.45, 2.75) is 11.1 Å². The van der Waals surface area contributed by atoms with E-state index in [-0.39, 0.29) is 16.3 Å². The van der Waals surface area contributed by atoms with E-state index in [4.69, 9.17) is 0 Å². The second-order valence-corrected chi connectivity index (χ2v) is 9.20. The minimum Gasteiger partial charge on any atom is -0.323 e. The minimum absolute atomic E-state index is 0.0831. The Balaban J connectivity index is 1.50. The summed E-state index contributed by atoms with van der Waals surface area (Å²) >= 11 is 0. The van der Waals surface area contributed by atoms with Crippen LogP contribution in [0.1, 0.15) is 5.56 Å². The van der Waals surface area contributed by atoms with Crippen molar-refractivity contribution >= 4 is 38.1 Å². The van der Waals surface area contributed by atoms with E-state index in [1.54, 1.807) is 36.4 Å². The molecule has 2 heterocycles. The van der Waals surface area contributed by atoms with E-state index in [2.05, 4.69) is 10.4 Å². The predicted molar refractivity (Wildman–Crippen MR) is 116 cm³/mol. The molecule has 7 nitrogen and oxygen atoms in total. The highest BCUT2D eigenvalue weighted by molar-refractivity contribution is 7.93. The van der Waals surface area contributed by atoms with Gasteiger partial charge in [-0.15, -0.1) is 0 Å². The molecular formula is C22H15F3N4O3S. The van der Waals surface area contributed by atoms with E-state index >= 15 is 0 Å². The first kappa shape index (κ1) is 21.0. The van der Waals surface area contributed by atoms with Gasteiger partial charge in [0.25, 0.3) is 10.0 Å². The third-order valence-electron chi connectivity index (χ3n) is 5.32. The van der Waals surface area contributed by atoms with Crippen LogP contribution in [0.25, 0.3) is 16.5 Å². The Morgan fingerprint density at radius 1 is 1.00 bits per heavy atom. The van der Waals surface area contributed by atoms with E-state index in [0.29, 0.717) is 16.5 Å². The van der Waals surface area contributed by atoms with Gasteiger partial charge in [-0.3, -0.25) is 9.10 Å². The van der Waals surface area contributed by atoms with E-state index in [1.165, 1.54) is 29.2 Å². The van der Waals surface area contributed by atoms with Crippen LogP contribution in [0.4, 0.5) is 24.5 Å². The standard InChI is InChI=1S/C22H15F3N4O3S/c23-22(24,25)15-8-9-17(28-11-3-10-26-28)16(12-15)27-20(30)13-29-18-6-1-4-14-5-2-7-19(21(14)18)33(29,31)32/h1-12H,13H2,(H,27,30). The van der Waals surface area contributed by atoms with Gasteiger partial charge in [0, 0.05) is 17.8 Å². The Labute approximate surface area is 186 Å². The first-order valence-corrected chi connectivity index (χ1v) is 11.2. The van der Waals surface area contributed by atoms with Crippen molar-refractivity contribution in [3.63, 3.8) is 0 Å². The van der Waals surface area contributed by atoms with Crippen LogP contribution in [0.2, 0.25) is 0 Å². The average Bonchev–Trinajstić information content (AvgIpc) is 3.36. The fourth-order valence-electron chi connectivity index (χ4n) is 3.87. The summed E-state index contributed by atoms with van der Waals surface area (Å²) in [6.45, 7) is -0.606. The number of nitrogens with zero attached hydrogens (tertiary/aromatic N) is 3. The Hall–Kier alpha value is -3.86. The monoisotopic (exact) mass is 472 g/mol. The molecule has 1 aliphatic heterocycles. The molecule has 0 bridgehead atoms. The number of amides is 1. The Kier molecular flexibility index (Phi) is 4.67. The maximum absolute atomic E-state index is 13.3. The van der Waals surface area contributed by atoms with Gasteiger partial charge in [-0.05, 0) is 41.8 Å². The number of carbonyl (C=O) groups is 1. The SMILES string of the molecule is O=C(CN1c2cccc3cccc(c23)S1(=O)=O)Nc1cc(C(F)(F)F)ccc1-n1cccn1. The van der Waals surface area contributed by atoms with Gasteiger partial charge in [0.2, 0.25) is 5.91 Å². The van der Waals surface area contributed by atoms with Crippen LogP contribution >= 0.6 is 0 Å². The van der Waals surface area contributed by atoms with Crippen molar-refractivity contribution in [3.8, 4) is 5.69 Å². The zero-order valence-electron chi connectivity index (χ0n) is 16.7. The number of halogens is 3. The summed E-state index contributed by atoms with van der Waals surface area (Å²) < 4.78 is 68.2. The molecule has 1 amide bonds. The number of hydrogen-bond donors (Lipinski definition) is 1. The van der Waals surface area contributed by atoms with Gasteiger partial charge in [0.1, 0.15) is 6.54 Å². The predicted octanol–water partition coefficient (Wildman–Crippen LogP) is 4.19. The number of hydrogen-bond acceptors (Lipinski definition) is 4. The van der Waals surface area contributed by atoms with Crippen molar-refractivity contribution in [1.82, 2.24) is 9.78 Å². The molecule has 5 rings (SSSR count). The summed E-state index contributed by atoms with van der Waals surface area (Å²) in [6, 6.07) is 14.3. The van der Waals surface area contributed by atoms with E-state index < -0.39 is 34.2 Å². The van der Waals surface area contributed by atoms with Gasteiger partial charge in [0.05, 0.1) is 27.5 Å². The smallest absolute Gasteiger partial charge is 0.323 e. The number of sulfonamides is 1. The number of aromatic nitrogens is 2. The van der Waals surface area contributed by atoms with Crippen LogP contribution in [-0.4, -0.2) is 30.7 Å². The lowest BCUT2D eigenvalue weighted by Crippen LogP contribution is -2.35. The van der Waals surface area contributed by atoms with Gasteiger partial charge in [-0.25, -0.2) is 13.1 Å². The average molecular weight is 472 g/mol. The largest absolute Gasteiger partial charge is 0.416 e. The molecule has 11 heteroatoms. The molecule has 4 aromatic rings. The second kappa shape index (κ2) is 7.34. The van der Waals surface area contributed by atoms with Crippen molar-refractivity contribution < 1.29 is 26.4 Å². The number of anilines is 2. The van der Waals surface area contributed by atoms with Crippen molar-refractivity contribution in [3.05, 3.63) is 78.6 Å². The fourth-order valence-corrected chi connectivity index (χ4v) is 5.54. The van der Waals surface area contributed by atoms with Gasteiger partial charge in [0.15, 0.2) is 0 Å². The van der Waals surface area contributed by atoms with Gasteiger partial charge in [-0.1, -0.05) is 24.3 Å². The quantitative estimate of drug-likeness (QED) is 0.483. The van der Waals surface area contributed by atoms with Crippen LogP contribution in [0.15, 0.2) is 78.0 Å². The van der Waals surface area contributed by atoms with Crippen LogP contribution in [-0.2, 0) is 21.0 Å². The molecule has 0 aliphatic carbocycles. The molecular weight excluding hydrogens is 457 g/mol. The summed E-state index contributed by atoms with van der Waals surface area (Å²) in [4.78, 5) is 13.0. The van der Waals surface area contributed by atoms with Crippen LogP contribution in [0.3, 0.4) is 0 Å². The Bertz CT molecular complexity index is 1490. The molecule has 0 atom stereocenters. The van der Waals surface area contributed by atoms with Crippen molar-refractivity contribution in [2.24, 2.45) is 0 Å². The van der Waals surface area contributed by atoms with Crippen LogP contribution in [0.5, 0.6) is 0 Å². The van der Waals surface area contributed by atoms with E-state index in [9.17, 15) is 26.4 Å². The summed E-state index contributed by atoms with van der Waals surface area (Å²) in [6.07, 6.45) is -1.67. The molecule has 33 heavy (non-hydrogen) atoms. The Morgan fingerprint density at radius 3 is 2.45 bits per heavy atom. The fraction of sp³-hybridized carbons (Fsp3) is 0.0909. The lowest BCUT2D eigenvalue weighted by Gasteiger charge is -2.19. The first-order chi connectivity index (χ1) is 15.7. The first-order valence-electron chi connectivity index (χ1n) is 9.72. The third-order valence-corrected chi connectivity index (χ3v) is 7.12. The molecule has 0 spiro atoms. The highest BCUT2D eigenvalue weighted by atomic mass is 32.2. The van der Waals surface area contributed by atoms with Crippen LogP contribution in [0, 0.1) is 0 Å². The molecule has 1 aromatic heterocycles. The zero-order chi connectivity index (χ0) is 23.4. The van der Waals surface area contributed by atoms with Gasteiger partial charge in [-0.2, -0.15) is 18.3 Å². The molecule has 0 unspecified atom stereocenters. The van der Waals surface area contributed by atoms with Gasteiger partial charge < -0.3 is 5.32 Å². The topological polar surface area (TPSA) is 84.3 Å². The normalized spacial score (nSPS) is 14.6. The number of benzene rings is 3. The maximum atomic E-state index is 13.3. The summed E-state index contributed by atoms with van der Waals surface area (Å²) in [5, 5.41) is 7.64. The summed E-state index contributed by atoms with van der Waals surface area (Å²) in [7, 11) is -4.00. The molecule has 0 saturated carbocycles. The molecule has 0 saturated heterocycles. The molecule has 3 aromatic carbocycles. The summed E-state index contributed by atoms with van der Waals surface area (Å²) in [5.74, 6) is -0.795. The Morgan fingerprint density at radius 2 is 1.76 bits per heavy atom. The number of alkyl halides is 3. The molecule has 0 radical (unpaired) electrons. The molecule has 1 N–H and O–H groups in total. The molecule has 1 aliphatic rings. The van der Waals surface area contributed by atoms with E-state index in [1.807, 2.05) is 0 Å². The van der Waals surface area contributed by atoms with E-state index in [0.717, 1.165) is 16.4 Å². The number of nitrogens with one attached hydrogen (secondary N) is 1. The molecule has 168 valence electrons. The second-order valence-electron chi connectivity index (χ2n) is 7.37. The summed E-state index contributed by atoms with van der Waals surface area (Å²) in [5.41, 5.74) is -0.559. The number of rotatable bonds is 4. The van der Waals surface area contributed by atoms with Gasteiger partial charge >= 0.3 is 6.18 Å². The van der Waals surface area contributed by atoms with Crippen LogP contribution < -0.4 is 9.62 Å². The third kappa shape index (κ3) is 3.50. The highest BCUT2D eigenvalue weighted by Crippen LogP contribution is 2.42.